The summed E-state index contributed by atoms with van der Waals surface area (Å²) in [5, 5.41) is 20.4. The van der Waals surface area contributed by atoms with Crippen molar-refractivity contribution in [1.82, 2.24) is 4.98 Å². The average molecular weight is 468 g/mol. The molecule has 4 aromatic rings. The molecule has 1 amide bonds. The number of carbonyl (C=O) groups excluding carboxylic acids is 1. The van der Waals surface area contributed by atoms with Crippen molar-refractivity contribution in [2.45, 2.75) is 31.1 Å². The van der Waals surface area contributed by atoms with Crippen LogP contribution in [0.4, 0.5) is 5.13 Å². The number of thiazole rings is 1. The lowest BCUT2D eigenvalue weighted by Gasteiger charge is -2.54. The van der Waals surface area contributed by atoms with E-state index in [0.717, 1.165) is 34.4 Å². The molecule has 162 valence electrons. The van der Waals surface area contributed by atoms with Gasteiger partial charge in [-0.05, 0) is 58.0 Å². The van der Waals surface area contributed by atoms with E-state index in [0.29, 0.717) is 11.6 Å². The Hall–Kier alpha value is -3.27. The summed E-state index contributed by atoms with van der Waals surface area (Å²) in [6.07, 6.45) is 1.21. The van der Waals surface area contributed by atoms with Crippen molar-refractivity contribution >= 4 is 33.7 Å². The lowest BCUT2D eigenvalue weighted by Crippen LogP contribution is -2.53. The minimum absolute atomic E-state index is 0.0763. The number of thiophene rings is 1. The first kappa shape index (κ1) is 20.3. The zero-order valence-electron chi connectivity index (χ0n) is 18.0. The molecule has 4 nitrogen and oxygen atoms in total. The Bertz CT molecular complexity index is 1370. The van der Waals surface area contributed by atoms with Gasteiger partial charge in [0.25, 0.3) is 0 Å². The Balaban J connectivity index is 1.38. The fraction of sp³-hybridized carbons (Fsp3) is 0.222. The van der Waals surface area contributed by atoms with Crippen LogP contribution in [0.3, 0.4) is 0 Å². The molecule has 3 aliphatic carbocycles. The van der Waals surface area contributed by atoms with E-state index in [1.165, 1.54) is 16.9 Å². The highest BCUT2D eigenvalue weighted by molar-refractivity contribution is 7.14. The molecule has 6 heteroatoms. The molecule has 1 atom stereocenters. The van der Waals surface area contributed by atoms with Crippen molar-refractivity contribution in [3.05, 3.63) is 104 Å². The van der Waals surface area contributed by atoms with Crippen LogP contribution in [0.15, 0.2) is 70.7 Å². The average Bonchev–Trinajstić information content (AvgIpc) is 3.51. The summed E-state index contributed by atoms with van der Waals surface area (Å²) in [6.45, 7) is 2.00. The molecule has 33 heavy (non-hydrogen) atoms. The van der Waals surface area contributed by atoms with E-state index >= 15 is 0 Å². The molecule has 3 aliphatic rings. The summed E-state index contributed by atoms with van der Waals surface area (Å²) in [4.78, 5) is 18.5. The molecule has 0 saturated heterocycles. The Morgan fingerprint density at radius 1 is 1.12 bits per heavy atom. The van der Waals surface area contributed by atoms with Gasteiger partial charge in [-0.15, -0.1) is 11.3 Å². The first-order valence-corrected chi connectivity index (χ1v) is 12.7. The van der Waals surface area contributed by atoms with E-state index in [9.17, 15) is 10.1 Å². The van der Waals surface area contributed by atoms with Crippen LogP contribution >= 0.6 is 22.7 Å². The molecule has 7 rings (SSSR count). The largest absolute Gasteiger partial charge is 0.301 e. The van der Waals surface area contributed by atoms with E-state index in [4.69, 9.17) is 0 Å². The van der Waals surface area contributed by atoms with Crippen molar-refractivity contribution in [2.24, 2.45) is 5.41 Å². The molecule has 0 radical (unpaired) electrons. The predicted octanol–water partition coefficient (Wildman–Crippen LogP) is 6.10. The lowest BCUT2D eigenvalue weighted by molar-refractivity contribution is -0.127. The molecule has 0 saturated carbocycles. The maximum atomic E-state index is 13.8. The minimum Gasteiger partial charge on any atom is -0.301 e. The number of fused-ring (bicyclic) bond motifs is 1. The molecule has 1 unspecified atom stereocenters. The standard InChI is InChI=1S/C27H21N3OS2/c1-26(24(31)30-25-29-18(14-33-25)12-17-10-11-32-13-17)15-27(16-28)21-8-4-2-6-19(21)23(26)20-7-3-5-9-22(20)27/h2-11,13-14,23H,12,15H2,1H3,(H,29,30,31). The Morgan fingerprint density at radius 3 is 2.45 bits per heavy atom. The quantitative estimate of drug-likeness (QED) is 0.394. The molecular formula is C27H21N3OS2. The number of benzene rings is 2. The smallest absolute Gasteiger partial charge is 0.233 e. The van der Waals surface area contributed by atoms with Crippen molar-refractivity contribution in [1.29, 1.82) is 5.26 Å². The number of amides is 1. The van der Waals surface area contributed by atoms with Gasteiger partial charge in [0, 0.05) is 17.7 Å². The summed E-state index contributed by atoms with van der Waals surface area (Å²) in [5.74, 6) is -0.182. The Labute approximate surface area is 200 Å². The van der Waals surface area contributed by atoms with Crippen molar-refractivity contribution < 1.29 is 4.79 Å². The van der Waals surface area contributed by atoms with Crippen LogP contribution in [0.2, 0.25) is 0 Å². The molecule has 2 bridgehead atoms. The van der Waals surface area contributed by atoms with Gasteiger partial charge in [0.2, 0.25) is 5.91 Å². The highest BCUT2D eigenvalue weighted by Crippen LogP contribution is 2.63. The molecule has 2 aromatic heterocycles. The number of aromatic nitrogens is 1. The molecule has 0 aliphatic heterocycles. The van der Waals surface area contributed by atoms with Crippen molar-refractivity contribution in [3.63, 3.8) is 0 Å². The maximum Gasteiger partial charge on any atom is 0.233 e. The Morgan fingerprint density at radius 2 is 1.82 bits per heavy atom. The van der Waals surface area contributed by atoms with E-state index < -0.39 is 10.8 Å². The zero-order chi connectivity index (χ0) is 22.6. The molecule has 2 aromatic carbocycles. The summed E-state index contributed by atoms with van der Waals surface area (Å²) in [6, 6.07) is 21.0. The number of rotatable bonds is 4. The van der Waals surface area contributed by atoms with Gasteiger partial charge in [-0.1, -0.05) is 48.5 Å². The first-order chi connectivity index (χ1) is 16.0. The first-order valence-electron chi connectivity index (χ1n) is 10.9. The van der Waals surface area contributed by atoms with Gasteiger partial charge in [0.1, 0.15) is 5.41 Å². The summed E-state index contributed by atoms with van der Waals surface area (Å²) in [5.41, 5.74) is 4.82. The second-order valence-corrected chi connectivity index (χ2v) is 10.8. The van der Waals surface area contributed by atoms with Gasteiger partial charge in [0.05, 0.1) is 17.2 Å². The van der Waals surface area contributed by atoms with Gasteiger partial charge < -0.3 is 5.32 Å². The van der Waals surface area contributed by atoms with Crippen LogP contribution in [0.25, 0.3) is 0 Å². The van der Waals surface area contributed by atoms with Crippen LogP contribution in [0.1, 0.15) is 52.8 Å². The highest BCUT2D eigenvalue weighted by atomic mass is 32.1. The number of nitrogens with one attached hydrogen (secondary N) is 1. The summed E-state index contributed by atoms with van der Waals surface area (Å²) in [7, 11) is 0. The highest BCUT2D eigenvalue weighted by Gasteiger charge is 2.61. The van der Waals surface area contributed by atoms with Crippen molar-refractivity contribution in [2.75, 3.05) is 5.32 Å². The van der Waals surface area contributed by atoms with Gasteiger partial charge in [-0.25, -0.2) is 4.98 Å². The van der Waals surface area contributed by atoms with Gasteiger partial charge >= 0.3 is 0 Å². The molecule has 0 spiro atoms. The number of hydrogen-bond donors (Lipinski definition) is 1. The number of nitrogens with zero attached hydrogens (tertiary/aromatic N) is 2. The third-order valence-corrected chi connectivity index (χ3v) is 8.72. The summed E-state index contributed by atoms with van der Waals surface area (Å²) < 4.78 is 0. The third-order valence-electron chi connectivity index (χ3n) is 7.18. The molecular weight excluding hydrogens is 446 g/mol. The van der Waals surface area contributed by atoms with Crippen LogP contribution in [-0.4, -0.2) is 10.9 Å². The number of carbonyl (C=O) groups is 1. The maximum absolute atomic E-state index is 13.8. The molecule has 1 N–H and O–H groups in total. The number of nitriles is 1. The SMILES string of the molecule is CC1(C(=O)Nc2nc(Cc3ccsc3)cs2)CC2(C#N)c3ccccc3C1c1ccccc12. The van der Waals surface area contributed by atoms with Gasteiger partial charge in [-0.3, -0.25) is 4.79 Å². The van der Waals surface area contributed by atoms with Crippen LogP contribution in [0.5, 0.6) is 0 Å². The van der Waals surface area contributed by atoms with E-state index in [-0.39, 0.29) is 11.8 Å². The second kappa shape index (κ2) is 7.38. The number of hydrogen-bond acceptors (Lipinski definition) is 5. The molecule has 2 heterocycles. The fourth-order valence-electron chi connectivity index (χ4n) is 5.78. The molecule has 0 fully saturated rings. The fourth-order valence-corrected chi connectivity index (χ4v) is 7.15. The van der Waals surface area contributed by atoms with Crippen LogP contribution < -0.4 is 5.32 Å². The van der Waals surface area contributed by atoms with Crippen LogP contribution in [0, 0.1) is 16.7 Å². The van der Waals surface area contributed by atoms with Gasteiger partial charge in [0.15, 0.2) is 5.13 Å². The normalized spacial score (nSPS) is 24.5. The van der Waals surface area contributed by atoms with Gasteiger partial charge in [-0.2, -0.15) is 16.6 Å². The number of anilines is 1. The monoisotopic (exact) mass is 467 g/mol. The third kappa shape index (κ3) is 2.93. The minimum atomic E-state index is -0.832. The lowest BCUT2D eigenvalue weighted by atomic mass is 9.47. The summed E-state index contributed by atoms with van der Waals surface area (Å²) >= 11 is 3.13. The predicted molar refractivity (Wildman–Crippen MR) is 132 cm³/mol. The Kier molecular flexibility index (Phi) is 4.55. The topological polar surface area (TPSA) is 65.8 Å². The second-order valence-electron chi connectivity index (χ2n) is 9.13. The van der Waals surface area contributed by atoms with Crippen LogP contribution in [-0.2, 0) is 16.6 Å². The van der Waals surface area contributed by atoms with Crippen molar-refractivity contribution in [3.8, 4) is 6.07 Å². The van der Waals surface area contributed by atoms with E-state index in [1.807, 2.05) is 36.6 Å². The van der Waals surface area contributed by atoms with E-state index in [1.54, 1.807) is 11.3 Å². The zero-order valence-corrected chi connectivity index (χ0v) is 19.7. The van der Waals surface area contributed by atoms with E-state index in [2.05, 4.69) is 57.5 Å².